The summed E-state index contributed by atoms with van der Waals surface area (Å²) in [5, 5.41) is 8.41. The molecule has 7 heteroatoms. The van der Waals surface area contributed by atoms with E-state index >= 15 is 0 Å². The molecule has 7 nitrogen and oxygen atoms in total. The van der Waals surface area contributed by atoms with Crippen LogP contribution in [0.3, 0.4) is 0 Å². The fraction of sp³-hybridized carbons (Fsp3) is 0.579. The number of hydrogen-bond donors (Lipinski definition) is 1. The highest BCUT2D eigenvalue weighted by atomic mass is 16.5. The molecule has 1 fully saturated rings. The quantitative estimate of drug-likeness (QED) is 0.766. The minimum Gasteiger partial charge on any atom is -0.385 e. The van der Waals surface area contributed by atoms with Gasteiger partial charge in [0.25, 0.3) is 5.91 Å². The third-order valence-corrected chi connectivity index (χ3v) is 4.58. The number of methoxy groups -OCH3 is 1. The summed E-state index contributed by atoms with van der Waals surface area (Å²) >= 11 is 0. The molecule has 3 rings (SSSR count). The first kappa shape index (κ1) is 18.8. The van der Waals surface area contributed by atoms with Crippen LogP contribution in [-0.2, 0) is 9.47 Å². The molecule has 1 amide bonds. The summed E-state index contributed by atoms with van der Waals surface area (Å²) in [4.78, 5) is 15.1. The number of nitrogens with zero attached hydrogens (tertiary/aromatic N) is 3. The first-order chi connectivity index (χ1) is 12.6. The molecule has 1 aromatic heterocycles. The molecule has 1 aromatic carbocycles. The monoisotopic (exact) mass is 360 g/mol. The van der Waals surface area contributed by atoms with E-state index in [1.54, 1.807) is 7.11 Å². The van der Waals surface area contributed by atoms with Crippen molar-refractivity contribution in [2.45, 2.75) is 32.5 Å². The van der Waals surface area contributed by atoms with Crippen molar-refractivity contribution < 1.29 is 14.3 Å². The number of amides is 1. The lowest BCUT2D eigenvalue weighted by Crippen LogP contribution is -2.51. The van der Waals surface area contributed by atoms with Crippen LogP contribution in [0.1, 0.15) is 36.8 Å². The number of benzene rings is 1. The van der Waals surface area contributed by atoms with Crippen molar-refractivity contribution in [2.24, 2.45) is 0 Å². The van der Waals surface area contributed by atoms with E-state index in [9.17, 15) is 4.79 Å². The Morgan fingerprint density at radius 3 is 3.00 bits per heavy atom. The summed E-state index contributed by atoms with van der Waals surface area (Å²) in [5.74, 6) is -0.190. The molecule has 142 valence electrons. The maximum absolute atomic E-state index is 12.8. The zero-order chi connectivity index (χ0) is 18.5. The number of nitrogens with one attached hydrogen (secondary N) is 1. The summed E-state index contributed by atoms with van der Waals surface area (Å²) in [6.45, 7) is 7.96. The fourth-order valence-electron chi connectivity index (χ4n) is 3.29. The van der Waals surface area contributed by atoms with Gasteiger partial charge in [-0.15, -0.1) is 0 Å². The molecular weight excluding hydrogens is 332 g/mol. The van der Waals surface area contributed by atoms with Crippen molar-refractivity contribution in [2.75, 3.05) is 40.0 Å². The zero-order valence-electron chi connectivity index (χ0n) is 15.8. The number of fused-ring (bicyclic) bond motifs is 1. The van der Waals surface area contributed by atoms with Crippen LogP contribution in [0.2, 0.25) is 0 Å². The Kier molecular flexibility index (Phi) is 6.24. The van der Waals surface area contributed by atoms with E-state index in [0.29, 0.717) is 18.8 Å². The Bertz CT molecular complexity index is 743. The van der Waals surface area contributed by atoms with Crippen molar-refractivity contribution in [3.63, 3.8) is 0 Å². The van der Waals surface area contributed by atoms with Crippen LogP contribution >= 0.6 is 0 Å². The number of para-hydroxylation sites is 1. The third-order valence-electron chi connectivity index (χ3n) is 4.58. The number of aromatic nitrogens is 2. The van der Waals surface area contributed by atoms with Crippen molar-refractivity contribution in [3.05, 3.63) is 30.0 Å². The molecule has 0 radical (unpaired) electrons. The Labute approximate surface area is 154 Å². The van der Waals surface area contributed by atoms with Crippen LogP contribution in [0.15, 0.2) is 24.3 Å². The number of morpholine rings is 1. The lowest BCUT2D eigenvalue weighted by molar-refractivity contribution is -0.0426. The summed E-state index contributed by atoms with van der Waals surface area (Å²) in [6, 6.07) is 8.01. The Morgan fingerprint density at radius 2 is 2.23 bits per heavy atom. The van der Waals surface area contributed by atoms with E-state index in [0.717, 1.165) is 37.0 Å². The van der Waals surface area contributed by atoms with E-state index < -0.39 is 0 Å². The van der Waals surface area contributed by atoms with Gasteiger partial charge >= 0.3 is 0 Å². The highest BCUT2D eigenvalue weighted by molar-refractivity contribution is 6.04. The summed E-state index contributed by atoms with van der Waals surface area (Å²) in [6.07, 6.45) is 0.655. The van der Waals surface area contributed by atoms with Crippen molar-refractivity contribution in [1.29, 1.82) is 0 Å². The van der Waals surface area contributed by atoms with Gasteiger partial charge in [-0.2, -0.15) is 5.10 Å². The Morgan fingerprint density at radius 1 is 1.42 bits per heavy atom. The Hall–Kier alpha value is -1.96. The van der Waals surface area contributed by atoms with Crippen LogP contribution in [0.25, 0.3) is 10.9 Å². The van der Waals surface area contributed by atoms with E-state index in [2.05, 4.69) is 29.2 Å². The smallest absolute Gasteiger partial charge is 0.274 e. The van der Waals surface area contributed by atoms with Gasteiger partial charge in [-0.1, -0.05) is 18.2 Å². The van der Waals surface area contributed by atoms with Gasteiger partial charge in [-0.3, -0.25) is 14.4 Å². The van der Waals surface area contributed by atoms with E-state index in [4.69, 9.17) is 9.47 Å². The van der Waals surface area contributed by atoms with Gasteiger partial charge in [-0.25, -0.2) is 0 Å². The first-order valence-electron chi connectivity index (χ1n) is 9.21. The highest BCUT2D eigenvalue weighted by Gasteiger charge is 2.25. The molecule has 0 spiro atoms. The minimum atomic E-state index is -0.318. The lowest BCUT2D eigenvalue weighted by atomic mass is 10.2. The molecule has 1 unspecified atom stereocenters. The average Bonchev–Trinajstić information content (AvgIpc) is 3.02. The summed E-state index contributed by atoms with van der Waals surface area (Å²) in [7, 11) is 1.71. The molecule has 0 bridgehead atoms. The molecule has 1 aliphatic rings. The maximum atomic E-state index is 12.8. The summed E-state index contributed by atoms with van der Waals surface area (Å²) < 4.78 is 12.7. The number of carbonyl (C=O) groups is 1. The second-order valence-electron chi connectivity index (χ2n) is 6.88. The van der Waals surface area contributed by atoms with E-state index in [1.165, 1.54) is 0 Å². The van der Waals surface area contributed by atoms with Gasteiger partial charge < -0.3 is 14.8 Å². The zero-order valence-corrected chi connectivity index (χ0v) is 15.8. The van der Waals surface area contributed by atoms with Crippen LogP contribution in [0.4, 0.5) is 0 Å². The van der Waals surface area contributed by atoms with E-state index in [-0.39, 0.29) is 18.2 Å². The first-order valence-corrected chi connectivity index (χ1v) is 9.21. The fourth-order valence-corrected chi connectivity index (χ4v) is 3.29. The third kappa shape index (κ3) is 4.23. The van der Waals surface area contributed by atoms with Gasteiger partial charge in [0, 0.05) is 44.8 Å². The SMILES string of the molecule is COCCCN1CCOC(NC(=O)c2nn(C(C)C)c3ccccc23)C1. The van der Waals surface area contributed by atoms with Gasteiger partial charge in [0.2, 0.25) is 0 Å². The van der Waals surface area contributed by atoms with Crippen molar-refractivity contribution >= 4 is 16.8 Å². The molecule has 1 atom stereocenters. The van der Waals surface area contributed by atoms with Crippen LogP contribution in [-0.4, -0.2) is 66.8 Å². The number of carbonyl (C=O) groups excluding carboxylic acids is 1. The molecule has 1 aliphatic heterocycles. The van der Waals surface area contributed by atoms with Crippen LogP contribution in [0, 0.1) is 0 Å². The number of ether oxygens (including phenoxy) is 2. The van der Waals surface area contributed by atoms with Gasteiger partial charge in [0.15, 0.2) is 5.69 Å². The largest absolute Gasteiger partial charge is 0.385 e. The molecule has 0 aliphatic carbocycles. The predicted octanol–water partition coefficient (Wildman–Crippen LogP) is 2.04. The second-order valence-corrected chi connectivity index (χ2v) is 6.88. The van der Waals surface area contributed by atoms with Crippen LogP contribution in [0.5, 0.6) is 0 Å². The molecule has 1 N–H and O–H groups in total. The van der Waals surface area contributed by atoms with Crippen LogP contribution < -0.4 is 5.32 Å². The van der Waals surface area contributed by atoms with Gasteiger partial charge in [-0.05, 0) is 26.3 Å². The molecule has 0 saturated carbocycles. The number of rotatable bonds is 7. The normalized spacial score (nSPS) is 18.5. The second kappa shape index (κ2) is 8.62. The lowest BCUT2D eigenvalue weighted by Gasteiger charge is -2.33. The van der Waals surface area contributed by atoms with Crippen molar-refractivity contribution in [3.8, 4) is 0 Å². The highest BCUT2D eigenvalue weighted by Crippen LogP contribution is 2.21. The molecular formula is C19H28N4O3. The Balaban J connectivity index is 1.69. The summed E-state index contributed by atoms with van der Waals surface area (Å²) in [5.41, 5.74) is 1.42. The molecule has 2 aromatic rings. The van der Waals surface area contributed by atoms with Gasteiger partial charge in [0.05, 0.1) is 12.1 Å². The minimum absolute atomic E-state index is 0.184. The standard InChI is InChI=1S/C19H28N4O3/c1-14(2)23-16-8-5-4-7-15(16)18(21-23)19(24)20-17-13-22(10-12-26-17)9-6-11-25-3/h4-5,7-8,14,17H,6,9-13H2,1-3H3,(H,20,24). The average molecular weight is 360 g/mol. The maximum Gasteiger partial charge on any atom is 0.274 e. The molecule has 1 saturated heterocycles. The van der Waals surface area contributed by atoms with Gasteiger partial charge in [0.1, 0.15) is 6.23 Å². The molecule has 26 heavy (non-hydrogen) atoms. The number of hydrogen-bond acceptors (Lipinski definition) is 5. The van der Waals surface area contributed by atoms with Crippen molar-refractivity contribution in [1.82, 2.24) is 20.0 Å². The molecule has 2 heterocycles. The topological polar surface area (TPSA) is 68.6 Å². The van der Waals surface area contributed by atoms with E-state index in [1.807, 2.05) is 28.9 Å². The predicted molar refractivity (Wildman–Crippen MR) is 100 cm³/mol.